The lowest BCUT2D eigenvalue weighted by molar-refractivity contribution is 0.509. The van der Waals surface area contributed by atoms with Gasteiger partial charge in [-0.1, -0.05) is 11.6 Å². The first kappa shape index (κ1) is 21.8. The molecule has 2 aromatic heterocycles. The molecular weight excluding hydrogens is 448 g/mol. The Morgan fingerprint density at radius 1 is 0.909 bits per heavy atom. The third-order valence-electron chi connectivity index (χ3n) is 6.16. The lowest BCUT2D eigenvalue weighted by atomic mass is 10.1. The summed E-state index contributed by atoms with van der Waals surface area (Å²) in [4.78, 5) is 24.6. The predicted octanol–water partition coefficient (Wildman–Crippen LogP) is 4.18. The molecule has 3 aromatic rings. The van der Waals surface area contributed by atoms with Crippen molar-refractivity contribution in [2.75, 3.05) is 47.4 Å². The van der Waals surface area contributed by atoms with Gasteiger partial charge in [0.1, 0.15) is 5.82 Å². The molecule has 2 fully saturated rings. The highest BCUT2D eigenvalue weighted by atomic mass is 35.5. The molecule has 2 aliphatic rings. The van der Waals surface area contributed by atoms with Gasteiger partial charge >= 0.3 is 0 Å². The fourth-order valence-electron chi connectivity index (χ4n) is 4.45. The summed E-state index contributed by atoms with van der Waals surface area (Å²) in [6.45, 7) is 5.98. The number of anilines is 3. The average Bonchev–Trinajstić information content (AvgIpc) is 3.36. The van der Waals surface area contributed by atoms with E-state index < -0.39 is 11.6 Å². The Bertz CT molecular complexity index is 1160. The first-order valence-corrected chi connectivity index (χ1v) is 11.4. The lowest BCUT2D eigenvalue weighted by Crippen LogP contribution is -2.52. The van der Waals surface area contributed by atoms with Gasteiger partial charge in [-0.2, -0.15) is 4.98 Å². The number of halogens is 3. The van der Waals surface area contributed by atoms with Gasteiger partial charge in [-0.05, 0) is 38.0 Å². The fourth-order valence-corrected chi connectivity index (χ4v) is 4.67. The highest BCUT2D eigenvalue weighted by Crippen LogP contribution is 2.30. The lowest BCUT2D eigenvalue weighted by Gasteiger charge is -2.41. The van der Waals surface area contributed by atoms with Crippen LogP contribution in [-0.4, -0.2) is 58.7 Å². The van der Waals surface area contributed by atoms with E-state index in [2.05, 4.69) is 31.6 Å². The monoisotopic (exact) mass is 471 g/mol. The van der Waals surface area contributed by atoms with Crippen molar-refractivity contribution in [2.45, 2.75) is 25.8 Å². The van der Waals surface area contributed by atoms with Crippen molar-refractivity contribution in [1.29, 1.82) is 0 Å². The van der Waals surface area contributed by atoms with Crippen molar-refractivity contribution in [3.63, 3.8) is 0 Å². The molecule has 1 aromatic carbocycles. The van der Waals surface area contributed by atoms with E-state index in [0.717, 1.165) is 37.8 Å². The highest BCUT2D eigenvalue weighted by molar-refractivity contribution is 6.31. The minimum atomic E-state index is -0.891. The number of hydrogen-bond acceptors (Lipinski definition) is 7. The topological polar surface area (TPSA) is 61.3 Å². The zero-order valence-electron chi connectivity index (χ0n) is 18.3. The number of nitrogens with zero attached hydrogens (tertiary/aromatic N) is 7. The van der Waals surface area contributed by atoms with Gasteiger partial charge in [-0.25, -0.2) is 23.7 Å². The third-order valence-corrected chi connectivity index (χ3v) is 6.43. The second-order valence-electron chi connectivity index (χ2n) is 8.39. The van der Waals surface area contributed by atoms with Crippen LogP contribution in [0, 0.1) is 11.6 Å². The quantitative estimate of drug-likeness (QED) is 0.565. The Labute approximate surface area is 196 Å². The molecule has 0 unspecified atom stereocenters. The van der Waals surface area contributed by atoms with Gasteiger partial charge in [0.25, 0.3) is 0 Å². The summed E-state index contributed by atoms with van der Waals surface area (Å²) in [5.74, 6) is 0.298. The molecule has 172 valence electrons. The zero-order valence-corrected chi connectivity index (χ0v) is 19.0. The Hall–Kier alpha value is -3.07. The molecule has 4 heterocycles. The van der Waals surface area contributed by atoms with E-state index in [9.17, 15) is 8.78 Å². The zero-order chi connectivity index (χ0) is 22.9. The maximum atomic E-state index is 14.0. The van der Waals surface area contributed by atoms with Gasteiger partial charge in [-0.15, -0.1) is 0 Å². The van der Waals surface area contributed by atoms with Gasteiger partial charge < -0.3 is 14.7 Å². The van der Waals surface area contributed by atoms with Crippen molar-refractivity contribution >= 4 is 29.2 Å². The minimum Gasteiger partial charge on any atom is -0.350 e. The van der Waals surface area contributed by atoms with Crippen molar-refractivity contribution in [3.05, 3.63) is 53.4 Å². The van der Waals surface area contributed by atoms with Crippen LogP contribution in [0.4, 0.5) is 26.4 Å². The van der Waals surface area contributed by atoms with Crippen LogP contribution >= 0.6 is 11.6 Å². The van der Waals surface area contributed by atoms with Crippen molar-refractivity contribution in [3.8, 4) is 11.3 Å². The van der Waals surface area contributed by atoms with Crippen LogP contribution < -0.4 is 14.7 Å². The van der Waals surface area contributed by atoms with Gasteiger partial charge in [0.15, 0.2) is 22.6 Å². The maximum absolute atomic E-state index is 14.0. The summed E-state index contributed by atoms with van der Waals surface area (Å²) < 4.78 is 27.5. The molecule has 0 saturated carbocycles. The third kappa shape index (κ3) is 4.42. The second-order valence-corrected chi connectivity index (χ2v) is 8.75. The molecule has 1 atom stereocenters. The fraction of sp³-hybridized carbons (Fsp3) is 0.391. The van der Waals surface area contributed by atoms with Gasteiger partial charge in [0.05, 0.1) is 5.69 Å². The molecular formula is C23H24ClF2N7. The van der Waals surface area contributed by atoms with Crippen molar-refractivity contribution < 1.29 is 8.78 Å². The Kier molecular flexibility index (Phi) is 5.97. The number of piperazine rings is 1. The van der Waals surface area contributed by atoms with Gasteiger partial charge in [0.2, 0.25) is 5.95 Å². The maximum Gasteiger partial charge on any atom is 0.227 e. The van der Waals surface area contributed by atoms with E-state index in [1.54, 1.807) is 18.5 Å². The molecule has 0 bridgehead atoms. The van der Waals surface area contributed by atoms with Crippen LogP contribution in [0.15, 0.2) is 36.7 Å². The molecule has 0 spiro atoms. The normalized spacial score (nSPS) is 18.8. The standard InChI is InChI=1S/C23H24ClF2N7/c1-15-14-32(22-21(24)27-6-7-28-22)10-11-33(15)20-13-19(16-4-5-17(25)18(26)12-16)29-23(30-20)31-8-2-3-9-31/h4-7,12-13,15H,2-3,8-11,14H2,1H3/t15-/m1/s1. The molecule has 5 rings (SSSR count). The van der Waals surface area contributed by atoms with E-state index in [-0.39, 0.29) is 6.04 Å². The highest BCUT2D eigenvalue weighted by Gasteiger charge is 2.28. The Balaban J connectivity index is 1.47. The Morgan fingerprint density at radius 2 is 1.70 bits per heavy atom. The minimum absolute atomic E-state index is 0.107. The number of hydrogen-bond donors (Lipinski definition) is 0. The molecule has 2 aliphatic heterocycles. The van der Waals surface area contributed by atoms with Crippen molar-refractivity contribution in [2.24, 2.45) is 0 Å². The summed E-state index contributed by atoms with van der Waals surface area (Å²) in [5.41, 5.74) is 1.10. The molecule has 33 heavy (non-hydrogen) atoms. The summed E-state index contributed by atoms with van der Waals surface area (Å²) in [6.07, 6.45) is 5.38. The summed E-state index contributed by atoms with van der Waals surface area (Å²) >= 11 is 6.25. The molecule has 0 aliphatic carbocycles. The van der Waals surface area contributed by atoms with Crippen LogP contribution in [0.2, 0.25) is 5.15 Å². The van der Waals surface area contributed by atoms with Crippen LogP contribution in [0.1, 0.15) is 19.8 Å². The van der Waals surface area contributed by atoms with Crippen LogP contribution in [0.3, 0.4) is 0 Å². The summed E-state index contributed by atoms with van der Waals surface area (Å²) in [6, 6.07) is 5.83. The van der Waals surface area contributed by atoms with E-state index >= 15 is 0 Å². The van der Waals surface area contributed by atoms with Gasteiger partial charge in [0, 0.05) is 62.8 Å². The summed E-state index contributed by atoms with van der Waals surface area (Å²) in [5, 5.41) is 0.386. The smallest absolute Gasteiger partial charge is 0.227 e. The largest absolute Gasteiger partial charge is 0.350 e. The van der Waals surface area contributed by atoms with Crippen molar-refractivity contribution in [1.82, 2.24) is 19.9 Å². The molecule has 7 nitrogen and oxygen atoms in total. The van der Waals surface area contributed by atoms with Gasteiger partial charge in [-0.3, -0.25) is 0 Å². The van der Waals surface area contributed by atoms with Crippen LogP contribution in [0.25, 0.3) is 11.3 Å². The number of aromatic nitrogens is 4. The first-order valence-electron chi connectivity index (χ1n) is 11.1. The average molecular weight is 472 g/mol. The first-order chi connectivity index (χ1) is 16.0. The predicted molar refractivity (Wildman–Crippen MR) is 125 cm³/mol. The molecule has 0 N–H and O–H groups in total. The molecule has 0 amide bonds. The van der Waals surface area contributed by atoms with Crippen LogP contribution in [0.5, 0.6) is 0 Å². The van der Waals surface area contributed by atoms with E-state index in [4.69, 9.17) is 21.6 Å². The molecule has 10 heteroatoms. The summed E-state index contributed by atoms with van der Waals surface area (Å²) in [7, 11) is 0. The van der Waals surface area contributed by atoms with E-state index in [1.165, 1.54) is 6.07 Å². The van der Waals surface area contributed by atoms with E-state index in [1.807, 2.05) is 6.07 Å². The Morgan fingerprint density at radius 3 is 2.42 bits per heavy atom. The van der Waals surface area contributed by atoms with Crippen LogP contribution in [-0.2, 0) is 0 Å². The second kappa shape index (κ2) is 9.05. The number of benzene rings is 1. The van der Waals surface area contributed by atoms with E-state index in [0.29, 0.717) is 47.8 Å². The molecule has 2 saturated heterocycles. The number of rotatable bonds is 4. The SMILES string of the molecule is C[C@@H]1CN(c2nccnc2Cl)CCN1c1cc(-c2ccc(F)c(F)c2)nc(N2CCCC2)n1. The molecule has 0 radical (unpaired) electrons.